The van der Waals surface area contributed by atoms with Crippen molar-refractivity contribution in [2.45, 2.75) is 50.1 Å². The quantitative estimate of drug-likeness (QED) is 0.749. The van der Waals surface area contributed by atoms with Gasteiger partial charge in [-0.15, -0.1) is 12.4 Å². The van der Waals surface area contributed by atoms with Crippen LogP contribution in [0.3, 0.4) is 0 Å². The molecule has 122 valence electrons. The molecule has 1 atom stereocenters. The van der Waals surface area contributed by atoms with Gasteiger partial charge in [0.2, 0.25) is 5.91 Å². The molecule has 1 aliphatic heterocycles. The summed E-state index contributed by atoms with van der Waals surface area (Å²) in [5, 5.41) is 6.16. The van der Waals surface area contributed by atoms with E-state index in [1.54, 1.807) is 0 Å². The Bertz CT molecular complexity index is 353. The molecular formula is C14H25ClN2O4. The zero-order valence-electron chi connectivity index (χ0n) is 12.5. The number of hydrogen-bond donors (Lipinski definition) is 2. The first kappa shape index (κ1) is 18.2. The molecule has 1 aliphatic carbocycles. The van der Waals surface area contributed by atoms with E-state index in [0.717, 1.165) is 25.8 Å². The van der Waals surface area contributed by atoms with E-state index in [4.69, 9.17) is 9.47 Å². The van der Waals surface area contributed by atoms with Gasteiger partial charge in [0.25, 0.3) is 0 Å². The van der Waals surface area contributed by atoms with E-state index in [1.165, 1.54) is 7.11 Å². The van der Waals surface area contributed by atoms with Crippen molar-refractivity contribution in [3.05, 3.63) is 0 Å². The van der Waals surface area contributed by atoms with Gasteiger partial charge < -0.3 is 20.1 Å². The third kappa shape index (κ3) is 4.83. The summed E-state index contributed by atoms with van der Waals surface area (Å²) in [5.74, 6) is -0.432. The van der Waals surface area contributed by atoms with Crippen LogP contribution in [0.15, 0.2) is 0 Å². The number of nitrogens with one attached hydrogen (secondary N) is 2. The normalized spacial score (nSPS) is 24.5. The predicted molar refractivity (Wildman–Crippen MR) is 80.4 cm³/mol. The Morgan fingerprint density at radius 1 is 1.33 bits per heavy atom. The number of hydrogen-bond acceptors (Lipinski definition) is 5. The minimum Gasteiger partial charge on any atom is -0.467 e. The average molecular weight is 321 g/mol. The fourth-order valence-electron chi connectivity index (χ4n) is 3.02. The fourth-order valence-corrected chi connectivity index (χ4v) is 3.02. The number of amides is 1. The van der Waals surface area contributed by atoms with Gasteiger partial charge in [-0.1, -0.05) is 19.3 Å². The molecule has 1 unspecified atom stereocenters. The van der Waals surface area contributed by atoms with Crippen LogP contribution in [0, 0.1) is 0 Å². The summed E-state index contributed by atoms with van der Waals surface area (Å²) >= 11 is 0. The Kier molecular flexibility index (Phi) is 7.42. The van der Waals surface area contributed by atoms with Crippen molar-refractivity contribution in [3.63, 3.8) is 0 Å². The van der Waals surface area contributed by atoms with E-state index in [0.29, 0.717) is 32.5 Å². The van der Waals surface area contributed by atoms with Crippen LogP contribution < -0.4 is 10.6 Å². The van der Waals surface area contributed by atoms with Gasteiger partial charge in [0.05, 0.1) is 20.3 Å². The Hall–Kier alpha value is -0.850. The highest BCUT2D eigenvalue weighted by Gasteiger charge is 2.42. The van der Waals surface area contributed by atoms with E-state index < -0.39 is 5.54 Å². The van der Waals surface area contributed by atoms with Crippen molar-refractivity contribution in [1.29, 1.82) is 0 Å². The molecule has 0 radical (unpaired) electrons. The van der Waals surface area contributed by atoms with Crippen LogP contribution in [-0.4, -0.2) is 50.3 Å². The van der Waals surface area contributed by atoms with Gasteiger partial charge in [0.1, 0.15) is 5.54 Å². The van der Waals surface area contributed by atoms with Gasteiger partial charge in [-0.2, -0.15) is 0 Å². The van der Waals surface area contributed by atoms with Gasteiger partial charge in [0, 0.05) is 19.0 Å². The summed E-state index contributed by atoms with van der Waals surface area (Å²) in [7, 11) is 1.38. The van der Waals surface area contributed by atoms with Gasteiger partial charge in [-0.25, -0.2) is 4.79 Å². The summed E-state index contributed by atoms with van der Waals surface area (Å²) in [6.07, 6.45) is 4.66. The van der Waals surface area contributed by atoms with Gasteiger partial charge >= 0.3 is 5.97 Å². The lowest BCUT2D eigenvalue weighted by molar-refractivity contribution is -0.152. The minimum atomic E-state index is -0.820. The molecule has 0 bridgehead atoms. The van der Waals surface area contributed by atoms with Gasteiger partial charge in [-0.05, 0) is 12.8 Å². The van der Waals surface area contributed by atoms with E-state index >= 15 is 0 Å². The van der Waals surface area contributed by atoms with Crippen molar-refractivity contribution in [1.82, 2.24) is 10.6 Å². The third-order valence-electron chi connectivity index (χ3n) is 4.09. The molecule has 1 heterocycles. The minimum absolute atomic E-state index is 0. The molecular weight excluding hydrogens is 296 g/mol. The maximum atomic E-state index is 12.2. The molecule has 2 rings (SSSR count). The number of methoxy groups -OCH3 is 1. The molecule has 0 spiro atoms. The molecule has 0 aromatic heterocycles. The third-order valence-corrected chi connectivity index (χ3v) is 4.09. The van der Waals surface area contributed by atoms with Crippen LogP contribution in [0.25, 0.3) is 0 Å². The van der Waals surface area contributed by atoms with E-state index in [1.807, 2.05) is 0 Å². The van der Waals surface area contributed by atoms with Crippen LogP contribution in [0.1, 0.15) is 38.5 Å². The summed E-state index contributed by atoms with van der Waals surface area (Å²) in [6, 6.07) is 0.0297. The number of morpholine rings is 1. The second-order valence-electron chi connectivity index (χ2n) is 5.61. The van der Waals surface area contributed by atoms with Gasteiger partial charge in [-0.3, -0.25) is 4.79 Å². The monoisotopic (exact) mass is 320 g/mol. The average Bonchev–Trinajstić information content (AvgIpc) is 2.48. The number of esters is 1. The van der Waals surface area contributed by atoms with Crippen molar-refractivity contribution >= 4 is 24.3 Å². The first-order chi connectivity index (χ1) is 9.66. The highest BCUT2D eigenvalue weighted by molar-refractivity contribution is 5.88. The van der Waals surface area contributed by atoms with Crippen molar-refractivity contribution < 1.29 is 19.1 Å². The van der Waals surface area contributed by atoms with Crippen LogP contribution in [0.4, 0.5) is 0 Å². The van der Waals surface area contributed by atoms with Gasteiger partial charge in [0.15, 0.2) is 0 Å². The van der Waals surface area contributed by atoms with E-state index in [-0.39, 0.29) is 30.3 Å². The molecule has 2 N–H and O–H groups in total. The van der Waals surface area contributed by atoms with Crippen LogP contribution in [0.2, 0.25) is 0 Å². The van der Waals surface area contributed by atoms with E-state index in [2.05, 4.69) is 10.6 Å². The summed E-state index contributed by atoms with van der Waals surface area (Å²) in [4.78, 5) is 24.2. The number of rotatable bonds is 4. The Morgan fingerprint density at radius 3 is 2.62 bits per heavy atom. The smallest absolute Gasteiger partial charge is 0.331 e. The summed E-state index contributed by atoms with van der Waals surface area (Å²) in [5.41, 5.74) is -0.820. The molecule has 7 heteroatoms. The predicted octanol–water partition coefficient (Wildman–Crippen LogP) is 0.779. The molecule has 2 fully saturated rings. The molecule has 1 saturated carbocycles. The van der Waals surface area contributed by atoms with Crippen LogP contribution in [0.5, 0.6) is 0 Å². The lowest BCUT2D eigenvalue weighted by atomic mass is 9.81. The van der Waals surface area contributed by atoms with E-state index in [9.17, 15) is 9.59 Å². The second kappa shape index (κ2) is 8.56. The lowest BCUT2D eigenvalue weighted by Crippen LogP contribution is -2.57. The second-order valence-corrected chi connectivity index (χ2v) is 5.61. The lowest BCUT2D eigenvalue weighted by Gasteiger charge is -2.35. The largest absolute Gasteiger partial charge is 0.467 e. The Balaban J connectivity index is 0.00000220. The zero-order valence-corrected chi connectivity index (χ0v) is 13.3. The number of halogens is 1. The summed E-state index contributed by atoms with van der Waals surface area (Å²) in [6.45, 7) is 1.99. The van der Waals surface area contributed by atoms with Crippen LogP contribution >= 0.6 is 12.4 Å². The number of carbonyl (C=O) groups is 2. The molecule has 6 nitrogen and oxygen atoms in total. The fraction of sp³-hybridized carbons (Fsp3) is 0.857. The topological polar surface area (TPSA) is 76.7 Å². The van der Waals surface area contributed by atoms with Crippen LogP contribution in [-0.2, 0) is 19.1 Å². The van der Waals surface area contributed by atoms with Crippen molar-refractivity contribution in [3.8, 4) is 0 Å². The zero-order chi connectivity index (χ0) is 14.4. The standard InChI is InChI=1S/C14H24N2O4.ClH/c1-19-13(18)14(5-3-2-4-6-14)16-12(17)9-11-10-20-8-7-15-11;/h11,15H,2-10H2,1H3,(H,16,17);1H. The first-order valence-electron chi connectivity index (χ1n) is 7.37. The molecule has 1 amide bonds. The number of ether oxygens (including phenoxy) is 2. The number of carbonyl (C=O) groups excluding carboxylic acids is 2. The highest BCUT2D eigenvalue weighted by Crippen LogP contribution is 2.29. The Morgan fingerprint density at radius 2 is 2.05 bits per heavy atom. The molecule has 0 aromatic carbocycles. The van der Waals surface area contributed by atoms with Crippen molar-refractivity contribution in [2.24, 2.45) is 0 Å². The summed E-state index contributed by atoms with van der Waals surface area (Å²) < 4.78 is 10.2. The maximum absolute atomic E-state index is 12.2. The maximum Gasteiger partial charge on any atom is 0.331 e. The first-order valence-corrected chi connectivity index (χ1v) is 7.37. The molecule has 2 aliphatic rings. The molecule has 21 heavy (non-hydrogen) atoms. The molecule has 1 saturated heterocycles. The Labute approximate surface area is 131 Å². The van der Waals surface area contributed by atoms with Crippen molar-refractivity contribution in [2.75, 3.05) is 26.9 Å². The molecule has 0 aromatic rings. The SMILES string of the molecule is COC(=O)C1(NC(=O)CC2COCCN2)CCCCC1.Cl. The highest BCUT2D eigenvalue weighted by atomic mass is 35.5.